The lowest BCUT2D eigenvalue weighted by atomic mass is 10.0. The number of halogens is 1. The number of hydrogen-bond acceptors (Lipinski definition) is 4. The van der Waals surface area contributed by atoms with Gasteiger partial charge in [0.05, 0.1) is 24.3 Å². The van der Waals surface area contributed by atoms with Gasteiger partial charge in [0.2, 0.25) is 0 Å². The normalized spacial score (nSPS) is 18.7. The van der Waals surface area contributed by atoms with Gasteiger partial charge in [-0.25, -0.2) is 4.98 Å². The standard InChI is InChI=1S/C19H20ClN3O2/c20-16-4-2-15(3-5-16)19(7-8-19)22-18(24)14-1-6-17(21-13-14)23-9-11-25-12-10-23/h1-6,13H,7-12H2,(H,22,24). The highest BCUT2D eigenvalue weighted by Crippen LogP contribution is 2.45. The number of amides is 1. The van der Waals surface area contributed by atoms with Crippen LogP contribution in [-0.2, 0) is 10.3 Å². The van der Waals surface area contributed by atoms with E-state index in [0.29, 0.717) is 23.8 Å². The number of aromatic nitrogens is 1. The smallest absolute Gasteiger partial charge is 0.253 e. The van der Waals surface area contributed by atoms with Crippen LogP contribution in [-0.4, -0.2) is 37.2 Å². The van der Waals surface area contributed by atoms with Crippen molar-refractivity contribution in [3.8, 4) is 0 Å². The predicted octanol–water partition coefficient (Wildman–Crippen LogP) is 2.99. The summed E-state index contributed by atoms with van der Waals surface area (Å²) in [7, 11) is 0. The van der Waals surface area contributed by atoms with Gasteiger partial charge in [-0.05, 0) is 42.7 Å². The molecule has 1 aromatic carbocycles. The third-order valence-corrected chi connectivity index (χ3v) is 5.10. The van der Waals surface area contributed by atoms with Crippen molar-refractivity contribution >= 4 is 23.3 Å². The largest absolute Gasteiger partial charge is 0.378 e. The molecule has 1 saturated carbocycles. The van der Waals surface area contributed by atoms with Crippen LogP contribution in [0.5, 0.6) is 0 Å². The lowest BCUT2D eigenvalue weighted by Crippen LogP contribution is -2.37. The molecule has 1 aliphatic heterocycles. The van der Waals surface area contributed by atoms with Crippen molar-refractivity contribution < 1.29 is 9.53 Å². The maximum absolute atomic E-state index is 12.6. The Morgan fingerprint density at radius 3 is 2.44 bits per heavy atom. The molecule has 2 fully saturated rings. The first-order valence-corrected chi connectivity index (χ1v) is 8.91. The van der Waals surface area contributed by atoms with Crippen LogP contribution < -0.4 is 10.2 Å². The Labute approximate surface area is 152 Å². The van der Waals surface area contributed by atoms with E-state index in [4.69, 9.17) is 16.3 Å². The van der Waals surface area contributed by atoms with Gasteiger partial charge >= 0.3 is 0 Å². The van der Waals surface area contributed by atoms with Crippen molar-refractivity contribution in [1.29, 1.82) is 0 Å². The Kier molecular flexibility index (Phi) is 4.36. The van der Waals surface area contributed by atoms with E-state index < -0.39 is 0 Å². The number of rotatable bonds is 4. The van der Waals surface area contributed by atoms with Crippen molar-refractivity contribution in [3.05, 3.63) is 58.7 Å². The molecule has 1 aromatic heterocycles. The van der Waals surface area contributed by atoms with Gasteiger partial charge in [-0.1, -0.05) is 23.7 Å². The molecule has 5 nitrogen and oxygen atoms in total. The molecule has 1 amide bonds. The van der Waals surface area contributed by atoms with Crippen LogP contribution in [0, 0.1) is 0 Å². The zero-order valence-corrected chi connectivity index (χ0v) is 14.6. The summed E-state index contributed by atoms with van der Waals surface area (Å²) in [5, 5.41) is 3.87. The molecule has 0 bridgehead atoms. The number of pyridine rings is 1. The maximum Gasteiger partial charge on any atom is 0.253 e. The molecule has 0 unspecified atom stereocenters. The second-order valence-corrected chi connectivity index (χ2v) is 6.98. The van der Waals surface area contributed by atoms with E-state index in [1.165, 1.54) is 0 Å². The first kappa shape index (κ1) is 16.4. The topological polar surface area (TPSA) is 54.5 Å². The first-order valence-electron chi connectivity index (χ1n) is 8.54. The van der Waals surface area contributed by atoms with Crippen molar-refractivity contribution in [2.75, 3.05) is 31.2 Å². The van der Waals surface area contributed by atoms with Crippen LogP contribution in [0.15, 0.2) is 42.6 Å². The summed E-state index contributed by atoms with van der Waals surface area (Å²) in [4.78, 5) is 19.2. The van der Waals surface area contributed by atoms with Crippen LogP contribution in [0.3, 0.4) is 0 Å². The number of hydrogen-bond donors (Lipinski definition) is 1. The molecule has 6 heteroatoms. The third kappa shape index (κ3) is 3.48. The number of carbonyl (C=O) groups excluding carboxylic acids is 1. The van der Waals surface area contributed by atoms with Gasteiger partial charge in [0.15, 0.2) is 0 Å². The highest BCUT2D eigenvalue weighted by Gasteiger charge is 2.45. The molecule has 2 aromatic rings. The summed E-state index contributed by atoms with van der Waals surface area (Å²) in [6, 6.07) is 11.4. The number of benzene rings is 1. The number of nitrogens with one attached hydrogen (secondary N) is 1. The number of carbonyl (C=O) groups is 1. The minimum absolute atomic E-state index is 0.0894. The average molecular weight is 358 g/mol. The Morgan fingerprint density at radius 2 is 1.84 bits per heavy atom. The van der Waals surface area contributed by atoms with Gasteiger partial charge < -0.3 is 15.0 Å². The monoisotopic (exact) mass is 357 g/mol. The van der Waals surface area contributed by atoms with Crippen LogP contribution in [0.2, 0.25) is 5.02 Å². The quantitative estimate of drug-likeness (QED) is 0.914. The van der Waals surface area contributed by atoms with Gasteiger partial charge in [0, 0.05) is 24.3 Å². The number of ether oxygens (including phenoxy) is 1. The Hall–Kier alpha value is -2.11. The van der Waals surface area contributed by atoms with Crippen LogP contribution >= 0.6 is 11.6 Å². The fraction of sp³-hybridized carbons (Fsp3) is 0.368. The van der Waals surface area contributed by atoms with Gasteiger partial charge in [-0.3, -0.25) is 4.79 Å². The van der Waals surface area contributed by atoms with E-state index in [1.807, 2.05) is 36.4 Å². The van der Waals surface area contributed by atoms with Crippen LogP contribution in [0.25, 0.3) is 0 Å². The highest BCUT2D eigenvalue weighted by atomic mass is 35.5. The van der Waals surface area contributed by atoms with Gasteiger partial charge in [-0.15, -0.1) is 0 Å². The third-order valence-electron chi connectivity index (χ3n) is 4.84. The summed E-state index contributed by atoms with van der Waals surface area (Å²) in [6.45, 7) is 3.09. The van der Waals surface area contributed by atoms with E-state index in [1.54, 1.807) is 6.20 Å². The number of morpholine rings is 1. The zero-order chi connectivity index (χ0) is 17.3. The summed E-state index contributed by atoms with van der Waals surface area (Å²) < 4.78 is 5.35. The van der Waals surface area contributed by atoms with Gasteiger partial charge in [-0.2, -0.15) is 0 Å². The summed E-state index contributed by atoms with van der Waals surface area (Å²) >= 11 is 5.96. The van der Waals surface area contributed by atoms with E-state index in [0.717, 1.165) is 37.3 Å². The molecule has 0 spiro atoms. The van der Waals surface area contributed by atoms with E-state index in [9.17, 15) is 4.79 Å². The van der Waals surface area contributed by atoms with Gasteiger partial charge in [0.25, 0.3) is 5.91 Å². The molecule has 1 aliphatic carbocycles. The maximum atomic E-state index is 12.6. The van der Waals surface area contributed by atoms with Crippen molar-refractivity contribution in [2.24, 2.45) is 0 Å². The lowest BCUT2D eigenvalue weighted by molar-refractivity contribution is 0.0930. The Morgan fingerprint density at radius 1 is 1.12 bits per heavy atom. The molecule has 130 valence electrons. The Balaban J connectivity index is 1.45. The summed E-state index contributed by atoms with van der Waals surface area (Å²) in [5.74, 6) is 0.798. The van der Waals surface area contributed by atoms with Crippen molar-refractivity contribution in [3.63, 3.8) is 0 Å². The van der Waals surface area contributed by atoms with Gasteiger partial charge in [0.1, 0.15) is 5.82 Å². The molecule has 0 radical (unpaired) electrons. The van der Waals surface area contributed by atoms with Crippen LogP contribution in [0.1, 0.15) is 28.8 Å². The highest BCUT2D eigenvalue weighted by molar-refractivity contribution is 6.30. The minimum Gasteiger partial charge on any atom is -0.378 e. The zero-order valence-electron chi connectivity index (χ0n) is 13.9. The van der Waals surface area contributed by atoms with E-state index in [-0.39, 0.29) is 11.4 Å². The average Bonchev–Trinajstić information content (AvgIpc) is 3.43. The molecular weight excluding hydrogens is 338 g/mol. The van der Waals surface area contributed by atoms with Crippen LogP contribution in [0.4, 0.5) is 5.82 Å². The molecular formula is C19H20ClN3O2. The Bertz CT molecular complexity index is 751. The first-order chi connectivity index (χ1) is 12.2. The molecule has 0 atom stereocenters. The van der Waals surface area contributed by atoms with E-state index >= 15 is 0 Å². The lowest BCUT2D eigenvalue weighted by Gasteiger charge is -2.27. The minimum atomic E-state index is -0.259. The van der Waals surface area contributed by atoms with Crippen molar-refractivity contribution in [2.45, 2.75) is 18.4 Å². The second-order valence-electron chi connectivity index (χ2n) is 6.55. The fourth-order valence-corrected chi connectivity index (χ4v) is 3.30. The predicted molar refractivity (Wildman–Crippen MR) is 97.1 cm³/mol. The summed E-state index contributed by atoms with van der Waals surface area (Å²) in [5.41, 5.74) is 1.42. The number of nitrogens with zero attached hydrogens (tertiary/aromatic N) is 2. The number of anilines is 1. The van der Waals surface area contributed by atoms with Crippen molar-refractivity contribution in [1.82, 2.24) is 10.3 Å². The molecule has 1 N–H and O–H groups in total. The summed E-state index contributed by atoms with van der Waals surface area (Å²) in [6.07, 6.45) is 3.54. The molecule has 2 heterocycles. The molecule has 2 aliphatic rings. The molecule has 4 rings (SSSR count). The molecule has 25 heavy (non-hydrogen) atoms. The molecule has 1 saturated heterocycles. The van der Waals surface area contributed by atoms with E-state index in [2.05, 4.69) is 15.2 Å². The fourth-order valence-electron chi connectivity index (χ4n) is 3.17. The second kappa shape index (κ2) is 6.65. The SMILES string of the molecule is O=C(NC1(c2ccc(Cl)cc2)CC1)c1ccc(N2CCOCC2)nc1.